The van der Waals surface area contributed by atoms with E-state index in [-0.39, 0.29) is 18.4 Å². The summed E-state index contributed by atoms with van der Waals surface area (Å²) < 4.78 is 5.62. The van der Waals surface area contributed by atoms with Crippen molar-refractivity contribution in [2.75, 3.05) is 36.9 Å². The molecule has 2 rings (SSSR count). The predicted molar refractivity (Wildman–Crippen MR) is 127 cm³/mol. The molecule has 0 aromatic heterocycles. The summed E-state index contributed by atoms with van der Waals surface area (Å²) in [7, 11) is 0. The van der Waals surface area contributed by atoms with E-state index in [0.29, 0.717) is 23.6 Å². The molecule has 2 aromatic rings. The molecule has 0 saturated heterocycles. The first-order valence-corrected chi connectivity index (χ1v) is 10.7. The third kappa shape index (κ3) is 8.16. The number of amides is 2. The topological polar surface area (TPSA) is 70.7 Å². The Morgan fingerprint density at radius 2 is 1.68 bits per heavy atom. The fourth-order valence-electron chi connectivity index (χ4n) is 3.06. The molecule has 0 spiro atoms. The molecule has 0 aliphatic rings. The highest BCUT2D eigenvalue weighted by Gasteiger charge is 2.15. The molecule has 0 unspecified atom stereocenters. The van der Waals surface area contributed by atoms with E-state index in [1.807, 2.05) is 36.1 Å². The standard InChI is InChI=1S/C25H33N3O3/c1-5-13-28(14-6-2)25(30)20-9-7-11-22(15-20)27-24(29)17-26-21-10-8-12-23(16-21)31-18-19(3)4/h7-12,15-16,26H,3,5-6,13-14,17-18H2,1-2,4H3,(H,27,29). The van der Waals surface area contributed by atoms with Crippen molar-refractivity contribution < 1.29 is 14.3 Å². The van der Waals surface area contributed by atoms with Gasteiger partial charge < -0.3 is 20.3 Å². The van der Waals surface area contributed by atoms with Gasteiger partial charge in [0.05, 0.1) is 6.54 Å². The van der Waals surface area contributed by atoms with Gasteiger partial charge >= 0.3 is 0 Å². The molecule has 0 aliphatic heterocycles. The fraction of sp³-hybridized carbons (Fsp3) is 0.360. The van der Waals surface area contributed by atoms with Crippen molar-refractivity contribution in [1.82, 2.24) is 4.90 Å². The van der Waals surface area contributed by atoms with Gasteiger partial charge in [0.2, 0.25) is 5.91 Å². The number of carbonyl (C=O) groups excluding carboxylic acids is 2. The molecule has 2 amide bonds. The van der Waals surface area contributed by atoms with Gasteiger partial charge in [-0.2, -0.15) is 0 Å². The summed E-state index contributed by atoms with van der Waals surface area (Å²) in [5.74, 6) is 0.504. The summed E-state index contributed by atoms with van der Waals surface area (Å²) in [5.41, 5.74) is 2.90. The average Bonchev–Trinajstić information content (AvgIpc) is 2.76. The van der Waals surface area contributed by atoms with Crippen LogP contribution in [0.5, 0.6) is 5.75 Å². The number of rotatable bonds is 12. The van der Waals surface area contributed by atoms with Crippen molar-refractivity contribution in [2.45, 2.75) is 33.6 Å². The molecule has 31 heavy (non-hydrogen) atoms. The van der Waals surface area contributed by atoms with Crippen molar-refractivity contribution >= 4 is 23.2 Å². The van der Waals surface area contributed by atoms with Crippen LogP contribution in [0.15, 0.2) is 60.7 Å². The molecule has 0 atom stereocenters. The molecule has 0 radical (unpaired) electrons. The minimum Gasteiger partial charge on any atom is -0.489 e. The quantitative estimate of drug-likeness (QED) is 0.474. The van der Waals surface area contributed by atoms with Gasteiger partial charge in [0.15, 0.2) is 0 Å². The zero-order chi connectivity index (χ0) is 22.6. The summed E-state index contributed by atoms with van der Waals surface area (Å²) in [5, 5.41) is 5.94. The lowest BCUT2D eigenvalue weighted by Gasteiger charge is -2.21. The van der Waals surface area contributed by atoms with Gasteiger partial charge in [-0.15, -0.1) is 0 Å². The van der Waals surface area contributed by atoms with Crippen LogP contribution in [-0.2, 0) is 4.79 Å². The monoisotopic (exact) mass is 423 g/mol. The van der Waals surface area contributed by atoms with Crippen molar-refractivity contribution in [2.24, 2.45) is 0 Å². The predicted octanol–water partition coefficient (Wildman–Crippen LogP) is 4.95. The van der Waals surface area contributed by atoms with E-state index < -0.39 is 0 Å². The molecule has 0 bridgehead atoms. The molecule has 6 heteroatoms. The largest absolute Gasteiger partial charge is 0.489 e. The molecular formula is C25H33N3O3. The minimum absolute atomic E-state index is 0.00972. The third-order valence-electron chi connectivity index (χ3n) is 4.44. The van der Waals surface area contributed by atoms with E-state index in [4.69, 9.17) is 4.74 Å². The van der Waals surface area contributed by atoms with Crippen LogP contribution in [0.25, 0.3) is 0 Å². The number of hydrogen-bond donors (Lipinski definition) is 2. The molecular weight excluding hydrogens is 390 g/mol. The molecule has 0 aliphatic carbocycles. The molecule has 166 valence electrons. The second-order valence-corrected chi connectivity index (χ2v) is 7.55. The van der Waals surface area contributed by atoms with E-state index >= 15 is 0 Å². The number of anilines is 2. The van der Waals surface area contributed by atoms with Crippen LogP contribution in [0.4, 0.5) is 11.4 Å². The molecule has 6 nitrogen and oxygen atoms in total. The summed E-state index contributed by atoms with van der Waals surface area (Å²) in [6.07, 6.45) is 1.82. The van der Waals surface area contributed by atoms with Crippen molar-refractivity contribution in [3.63, 3.8) is 0 Å². The lowest BCUT2D eigenvalue weighted by Crippen LogP contribution is -2.32. The minimum atomic E-state index is -0.197. The summed E-state index contributed by atoms with van der Waals surface area (Å²) in [6, 6.07) is 14.5. The highest BCUT2D eigenvalue weighted by molar-refractivity contribution is 5.98. The maximum Gasteiger partial charge on any atom is 0.253 e. The van der Waals surface area contributed by atoms with Crippen LogP contribution in [-0.4, -0.2) is 43.0 Å². The second kappa shape index (κ2) is 12.4. The molecule has 0 heterocycles. The summed E-state index contributed by atoms with van der Waals surface area (Å²) >= 11 is 0. The first-order valence-electron chi connectivity index (χ1n) is 10.7. The zero-order valence-corrected chi connectivity index (χ0v) is 18.7. The summed E-state index contributed by atoms with van der Waals surface area (Å²) in [4.78, 5) is 27.0. The fourth-order valence-corrected chi connectivity index (χ4v) is 3.06. The van der Waals surface area contributed by atoms with Crippen LogP contribution in [0.3, 0.4) is 0 Å². The van der Waals surface area contributed by atoms with Crippen LogP contribution in [0.2, 0.25) is 0 Å². The normalized spacial score (nSPS) is 10.3. The Morgan fingerprint density at radius 1 is 1.00 bits per heavy atom. The van der Waals surface area contributed by atoms with Crippen LogP contribution >= 0.6 is 0 Å². The molecule has 0 fully saturated rings. The Morgan fingerprint density at radius 3 is 2.35 bits per heavy atom. The van der Waals surface area contributed by atoms with Gasteiger partial charge in [0.1, 0.15) is 12.4 Å². The third-order valence-corrected chi connectivity index (χ3v) is 4.44. The van der Waals surface area contributed by atoms with Crippen LogP contribution in [0, 0.1) is 0 Å². The number of benzene rings is 2. The van der Waals surface area contributed by atoms with Gasteiger partial charge in [0, 0.05) is 36.1 Å². The first-order chi connectivity index (χ1) is 14.9. The van der Waals surface area contributed by atoms with Gasteiger partial charge in [-0.25, -0.2) is 0 Å². The summed E-state index contributed by atoms with van der Waals surface area (Å²) in [6.45, 7) is 11.8. The highest BCUT2D eigenvalue weighted by Crippen LogP contribution is 2.18. The van der Waals surface area contributed by atoms with Gasteiger partial charge in [-0.3, -0.25) is 9.59 Å². The Hall–Kier alpha value is -3.28. The van der Waals surface area contributed by atoms with Crippen molar-refractivity contribution in [1.29, 1.82) is 0 Å². The Balaban J connectivity index is 1.94. The number of nitrogens with one attached hydrogen (secondary N) is 2. The number of hydrogen-bond acceptors (Lipinski definition) is 4. The van der Waals surface area contributed by atoms with E-state index in [0.717, 1.165) is 37.2 Å². The zero-order valence-electron chi connectivity index (χ0n) is 18.7. The van der Waals surface area contributed by atoms with Gasteiger partial charge in [0.25, 0.3) is 5.91 Å². The second-order valence-electron chi connectivity index (χ2n) is 7.55. The number of ether oxygens (including phenoxy) is 1. The lowest BCUT2D eigenvalue weighted by molar-refractivity contribution is -0.114. The van der Waals surface area contributed by atoms with E-state index in [9.17, 15) is 9.59 Å². The Bertz CT molecular complexity index is 889. The van der Waals surface area contributed by atoms with E-state index in [2.05, 4.69) is 31.1 Å². The van der Waals surface area contributed by atoms with Gasteiger partial charge in [-0.05, 0) is 55.7 Å². The molecule has 2 aromatic carbocycles. The lowest BCUT2D eigenvalue weighted by atomic mass is 10.1. The van der Waals surface area contributed by atoms with E-state index in [1.54, 1.807) is 24.3 Å². The number of nitrogens with zero attached hydrogens (tertiary/aromatic N) is 1. The van der Waals surface area contributed by atoms with Gasteiger partial charge in [-0.1, -0.05) is 32.6 Å². The Labute approximate surface area is 185 Å². The highest BCUT2D eigenvalue weighted by atomic mass is 16.5. The van der Waals surface area contributed by atoms with Crippen molar-refractivity contribution in [3.8, 4) is 5.75 Å². The van der Waals surface area contributed by atoms with E-state index in [1.165, 1.54) is 0 Å². The molecule has 2 N–H and O–H groups in total. The number of carbonyl (C=O) groups is 2. The molecule has 0 saturated carbocycles. The van der Waals surface area contributed by atoms with Crippen LogP contribution in [0.1, 0.15) is 44.0 Å². The van der Waals surface area contributed by atoms with Crippen LogP contribution < -0.4 is 15.4 Å². The Kier molecular flexibility index (Phi) is 9.62. The van der Waals surface area contributed by atoms with Crippen molar-refractivity contribution in [3.05, 3.63) is 66.2 Å². The smallest absolute Gasteiger partial charge is 0.253 e. The average molecular weight is 424 g/mol. The first kappa shape index (κ1) is 24.0. The maximum absolute atomic E-state index is 12.8. The SMILES string of the molecule is C=C(C)COc1cccc(NCC(=O)Nc2cccc(C(=O)N(CCC)CCC)c2)c1. The maximum atomic E-state index is 12.8.